The molecule has 1 rings (SSSR count). The Morgan fingerprint density at radius 2 is 1.94 bits per heavy atom. The maximum Gasteiger partial charge on any atom is 0.215 e. The molecular weight excluding hydrogens is 301 g/mol. The molecule has 2 N–H and O–H groups in total. The molecule has 16 heavy (non-hydrogen) atoms. The van der Waals surface area contributed by atoms with E-state index in [0.29, 0.717) is 4.47 Å². The van der Waals surface area contributed by atoms with E-state index in [1.54, 1.807) is 0 Å². The second-order valence-electron chi connectivity index (χ2n) is 3.53. The summed E-state index contributed by atoms with van der Waals surface area (Å²) in [6.45, 7) is 2.27. The summed E-state index contributed by atoms with van der Waals surface area (Å²) in [5.74, 6) is -0.211. The summed E-state index contributed by atoms with van der Waals surface area (Å²) in [5.41, 5.74) is -2.23. The highest BCUT2D eigenvalue weighted by Gasteiger charge is 2.42. The molecular formula is C8H11BrFN3O2S. The highest BCUT2D eigenvalue weighted by molar-refractivity contribution is 9.10. The molecule has 5 nitrogen and oxygen atoms in total. The molecule has 0 spiro atoms. The van der Waals surface area contributed by atoms with Gasteiger partial charge < -0.3 is 0 Å². The van der Waals surface area contributed by atoms with Crippen LogP contribution in [0, 0.1) is 0 Å². The zero-order valence-corrected chi connectivity index (χ0v) is 11.1. The number of primary sulfonamides is 1. The van der Waals surface area contributed by atoms with Gasteiger partial charge in [-0.25, -0.2) is 27.9 Å². The van der Waals surface area contributed by atoms with E-state index < -0.39 is 20.9 Å². The van der Waals surface area contributed by atoms with Crippen molar-refractivity contribution in [1.82, 2.24) is 9.97 Å². The number of hydrogen-bond acceptors (Lipinski definition) is 4. The first-order valence-electron chi connectivity index (χ1n) is 4.34. The van der Waals surface area contributed by atoms with Gasteiger partial charge in [0, 0.05) is 12.4 Å². The lowest BCUT2D eigenvalue weighted by Crippen LogP contribution is -2.41. The zero-order valence-electron chi connectivity index (χ0n) is 8.68. The van der Waals surface area contributed by atoms with E-state index in [9.17, 15) is 12.8 Å². The first-order valence-corrected chi connectivity index (χ1v) is 6.74. The minimum Gasteiger partial charge on any atom is -0.237 e. The SMILES string of the molecule is C[C@@H]([C@](C)(F)c1ncc(Br)cn1)S(N)(=O)=O. The van der Waals surface area contributed by atoms with Gasteiger partial charge in [-0.1, -0.05) is 0 Å². The third-order valence-electron chi connectivity index (χ3n) is 2.31. The Balaban J connectivity index is 3.16. The number of hydrogen-bond donors (Lipinski definition) is 1. The molecule has 1 aromatic heterocycles. The Morgan fingerprint density at radius 1 is 1.50 bits per heavy atom. The van der Waals surface area contributed by atoms with Gasteiger partial charge in [0.15, 0.2) is 11.5 Å². The van der Waals surface area contributed by atoms with Gasteiger partial charge in [-0.2, -0.15) is 0 Å². The molecule has 1 aromatic rings. The number of rotatable bonds is 3. The molecule has 2 atom stereocenters. The lowest BCUT2D eigenvalue weighted by molar-refractivity contribution is 0.174. The second-order valence-corrected chi connectivity index (χ2v) is 6.33. The molecule has 0 saturated heterocycles. The number of nitrogens with zero attached hydrogens (tertiary/aromatic N) is 2. The van der Waals surface area contributed by atoms with Crippen LogP contribution >= 0.6 is 15.9 Å². The Morgan fingerprint density at radius 3 is 2.31 bits per heavy atom. The van der Waals surface area contributed by atoms with Gasteiger partial charge in [0.05, 0.1) is 4.47 Å². The molecule has 0 fully saturated rings. The molecule has 0 aliphatic carbocycles. The number of sulfonamides is 1. The molecule has 0 aromatic carbocycles. The minimum absolute atomic E-state index is 0.211. The molecule has 90 valence electrons. The lowest BCUT2D eigenvalue weighted by atomic mass is 10.0. The molecule has 0 aliphatic rings. The second kappa shape index (κ2) is 4.34. The van der Waals surface area contributed by atoms with E-state index in [4.69, 9.17) is 5.14 Å². The predicted molar refractivity (Wildman–Crippen MR) is 60.8 cm³/mol. The van der Waals surface area contributed by atoms with Gasteiger partial charge in [-0.05, 0) is 29.8 Å². The normalized spacial score (nSPS) is 17.8. The van der Waals surface area contributed by atoms with Gasteiger partial charge in [-0.15, -0.1) is 0 Å². The van der Waals surface area contributed by atoms with Crippen LogP contribution in [0.1, 0.15) is 19.7 Å². The predicted octanol–water partition coefficient (Wildman–Crippen LogP) is 1.10. The summed E-state index contributed by atoms with van der Waals surface area (Å²) in [6, 6.07) is 0. The zero-order chi connectivity index (χ0) is 12.6. The maximum atomic E-state index is 14.2. The van der Waals surface area contributed by atoms with Crippen molar-refractivity contribution in [3.8, 4) is 0 Å². The largest absolute Gasteiger partial charge is 0.237 e. The lowest BCUT2D eigenvalue weighted by Gasteiger charge is -2.24. The van der Waals surface area contributed by atoms with Crippen LogP contribution in [0.15, 0.2) is 16.9 Å². The van der Waals surface area contributed by atoms with Crippen molar-refractivity contribution < 1.29 is 12.8 Å². The fraction of sp³-hybridized carbons (Fsp3) is 0.500. The third kappa shape index (κ3) is 2.74. The van der Waals surface area contributed by atoms with Gasteiger partial charge in [0.2, 0.25) is 10.0 Å². The van der Waals surface area contributed by atoms with Crippen LogP contribution in [0.4, 0.5) is 4.39 Å². The van der Waals surface area contributed by atoms with Crippen molar-refractivity contribution in [1.29, 1.82) is 0 Å². The fourth-order valence-corrected chi connectivity index (χ4v) is 1.98. The van der Waals surface area contributed by atoms with Gasteiger partial charge in [0.25, 0.3) is 0 Å². The summed E-state index contributed by atoms with van der Waals surface area (Å²) in [4.78, 5) is 7.46. The molecule has 8 heteroatoms. The molecule has 0 saturated carbocycles. The van der Waals surface area contributed by atoms with E-state index in [1.807, 2.05) is 0 Å². The average molecular weight is 312 g/mol. The van der Waals surface area contributed by atoms with Crippen molar-refractivity contribution in [3.05, 3.63) is 22.7 Å². The Kier molecular flexibility index (Phi) is 3.65. The molecule has 0 bridgehead atoms. The summed E-state index contributed by atoms with van der Waals surface area (Å²) in [5, 5.41) is 3.48. The van der Waals surface area contributed by atoms with Crippen molar-refractivity contribution in [2.45, 2.75) is 24.8 Å². The van der Waals surface area contributed by atoms with E-state index in [2.05, 4.69) is 25.9 Å². The van der Waals surface area contributed by atoms with Crippen LogP contribution in [0.3, 0.4) is 0 Å². The van der Waals surface area contributed by atoms with E-state index >= 15 is 0 Å². The summed E-state index contributed by atoms with van der Waals surface area (Å²) in [6.07, 6.45) is 2.69. The Hall–Kier alpha value is -0.600. The average Bonchev–Trinajstić information content (AvgIpc) is 2.16. The van der Waals surface area contributed by atoms with E-state index in [1.165, 1.54) is 19.3 Å². The standard InChI is InChI=1S/C8H11BrFN3O2S/c1-5(16(11,14)15)8(2,10)7-12-3-6(9)4-13-7/h3-5H,1-2H3,(H2,11,14,15)/t5-,8-/m0/s1. The van der Waals surface area contributed by atoms with Crippen LogP contribution in [-0.2, 0) is 15.7 Å². The molecule has 0 unspecified atom stereocenters. The Labute approximate surface area is 101 Å². The first kappa shape index (κ1) is 13.5. The van der Waals surface area contributed by atoms with Crippen molar-refractivity contribution >= 4 is 26.0 Å². The van der Waals surface area contributed by atoms with Crippen molar-refractivity contribution in [3.63, 3.8) is 0 Å². The maximum absolute atomic E-state index is 14.2. The van der Waals surface area contributed by atoms with Crippen LogP contribution in [-0.4, -0.2) is 23.6 Å². The highest BCUT2D eigenvalue weighted by atomic mass is 79.9. The molecule has 1 heterocycles. The van der Waals surface area contributed by atoms with Gasteiger partial charge >= 0.3 is 0 Å². The smallest absolute Gasteiger partial charge is 0.215 e. The fourth-order valence-electron chi connectivity index (χ4n) is 1.06. The first-order chi connectivity index (χ1) is 7.15. The van der Waals surface area contributed by atoms with E-state index in [0.717, 1.165) is 6.92 Å². The van der Waals surface area contributed by atoms with Crippen LogP contribution in [0.25, 0.3) is 0 Å². The topological polar surface area (TPSA) is 85.9 Å². The van der Waals surface area contributed by atoms with Gasteiger partial charge in [-0.3, -0.25) is 0 Å². The highest BCUT2D eigenvalue weighted by Crippen LogP contribution is 2.29. The number of aromatic nitrogens is 2. The summed E-state index contributed by atoms with van der Waals surface area (Å²) in [7, 11) is -3.99. The number of alkyl halides is 1. The molecule has 0 amide bonds. The minimum atomic E-state index is -3.99. The molecule has 0 radical (unpaired) electrons. The number of halogens is 2. The van der Waals surface area contributed by atoms with Crippen molar-refractivity contribution in [2.24, 2.45) is 5.14 Å². The summed E-state index contributed by atoms with van der Waals surface area (Å²) < 4.78 is 37.0. The van der Waals surface area contributed by atoms with Crippen LogP contribution in [0.2, 0.25) is 0 Å². The number of nitrogens with two attached hydrogens (primary N) is 1. The van der Waals surface area contributed by atoms with E-state index in [-0.39, 0.29) is 5.82 Å². The Bertz CT molecular complexity index is 475. The van der Waals surface area contributed by atoms with Crippen LogP contribution < -0.4 is 5.14 Å². The quantitative estimate of drug-likeness (QED) is 0.905. The summed E-state index contributed by atoms with van der Waals surface area (Å²) >= 11 is 3.10. The van der Waals surface area contributed by atoms with Crippen molar-refractivity contribution in [2.75, 3.05) is 0 Å². The monoisotopic (exact) mass is 311 g/mol. The van der Waals surface area contributed by atoms with Crippen LogP contribution in [0.5, 0.6) is 0 Å². The molecule has 0 aliphatic heterocycles. The third-order valence-corrected chi connectivity index (χ3v) is 4.15. The van der Waals surface area contributed by atoms with Gasteiger partial charge in [0.1, 0.15) is 5.25 Å².